The van der Waals surface area contributed by atoms with E-state index in [-0.39, 0.29) is 28.7 Å². The molecule has 0 aromatic heterocycles. The summed E-state index contributed by atoms with van der Waals surface area (Å²) in [4.78, 5) is 14.5. The maximum absolute atomic E-state index is 12.5. The van der Waals surface area contributed by atoms with Crippen LogP contribution in [0.25, 0.3) is 0 Å². The summed E-state index contributed by atoms with van der Waals surface area (Å²) < 4.78 is 0. The van der Waals surface area contributed by atoms with Crippen LogP contribution in [-0.2, 0) is 4.79 Å². The predicted octanol–water partition coefficient (Wildman–Crippen LogP) is 2.21. The molecule has 1 aliphatic carbocycles. The first-order chi connectivity index (χ1) is 11.1. The van der Waals surface area contributed by atoms with Crippen molar-refractivity contribution in [2.24, 2.45) is 17.8 Å². The Morgan fingerprint density at radius 3 is 2.52 bits per heavy atom. The highest BCUT2D eigenvalue weighted by Gasteiger charge is 2.39. The van der Waals surface area contributed by atoms with E-state index in [2.05, 4.69) is 5.32 Å². The van der Waals surface area contributed by atoms with E-state index in [9.17, 15) is 9.90 Å². The van der Waals surface area contributed by atoms with Crippen LogP contribution < -0.4 is 5.32 Å². The maximum atomic E-state index is 12.5. The summed E-state index contributed by atoms with van der Waals surface area (Å²) in [5.41, 5.74) is 0. The summed E-state index contributed by atoms with van der Waals surface area (Å²) in [5, 5.41) is 13.4. The third-order valence-corrected chi connectivity index (χ3v) is 7.17. The lowest BCUT2D eigenvalue weighted by molar-refractivity contribution is -0.136. The minimum atomic E-state index is -0.322. The molecule has 0 spiro atoms. The molecule has 4 unspecified atom stereocenters. The van der Waals surface area contributed by atoms with Gasteiger partial charge in [-0.1, -0.05) is 0 Å². The second-order valence-corrected chi connectivity index (χ2v) is 8.53. The number of piperidine rings is 1. The van der Waals surface area contributed by atoms with Gasteiger partial charge >= 0.3 is 0 Å². The van der Waals surface area contributed by atoms with Crippen LogP contribution in [0.2, 0.25) is 0 Å². The highest BCUT2D eigenvalue weighted by atomic mass is 35.5. The van der Waals surface area contributed by atoms with E-state index in [4.69, 9.17) is 23.2 Å². The van der Waals surface area contributed by atoms with Crippen LogP contribution in [0.4, 0.5) is 0 Å². The Labute approximate surface area is 148 Å². The van der Waals surface area contributed by atoms with Crippen molar-refractivity contribution in [1.82, 2.24) is 10.2 Å². The van der Waals surface area contributed by atoms with Gasteiger partial charge in [0.2, 0.25) is 5.91 Å². The molecule has 0 aromatic rings. The molecule has 0 aromatic carbocycles. The van der Waals surface area contributed by atoms with E-state index >= 15 is 0 Å². The van der Waals surface area contributed by atoms with Crippen LogP contribution in [0.5, 0.6) is 0 Å². The average Bonchev–Trinajstić information content (AvgIpc) is 3.10. The van der Waals surface area contributed by atoms with Crippen molar-refractivity contribution in [2.75, 3.05) is 26.2 Å². The van der Waals surface area contributed by atoms with Crippen LogP contribution in [0.3, 0.4) is 0 Å². The lowest BCUT2D eigenvalue weighted by atomic mass is 9.77. The smallest absolute Gasteiger partial charge is 0.227 e. The normalized spacial score (nSPS) is 39.6. The Hall–Kier alpha value is -0.0300. The Morgan fingerprint density at radius 1 is 1.13 bits per heavy atom. The minimum Gasteiger partial charge on any atom is -0.393 e. The van der Waals surface area contributed by atoms with Crippen LogP contribution in [0.15, 0.2) is 0 Å². The highest BCUT2D eigenvalue weighted by molar-refractivity contribution is 6.30. The molecular weight excluding hydrogens is 335 g/mol. The fraction of sp³-hybridized carbons (Fsp3) is 0.941. The SMILES string of the molecule is O=C([C@@H]1CCNC1)N1CCC(CC2C(O)CCC(Cl)C2Cl)CC1. The summed E-state index contributed by atoms with van der Waals surface area (Å²) in [5.74, 6) is 1.14. The van der Waals surface area contributed by atoms with Crippen LogP contribution >= 0.6 is 23.2 Å². The molecule has 2 aliphatic heterocycles. The zero-order chi connectivity index (χ0) is 16.4. The maximum Gasteiger partial charge on any atom is 0.227 e. The van der Waals surface area contributed by atoms with Gasteiger partial charge in [-0.3, -0.25) is 4.79 Å². The van der Waals surface area contributed by atoms with Gasteiger partial charge in [-0.25, -0.2) is 0 Å². The Bertz CT molecular complexity index is 409. The van der Waals surface area contributed by atoms with Gasteiger partial charge in [0.15, 0.2) is 0 Å². The van der Waals surface area contributed by atoms with E-state index < -0.39 is 0 Å². The first-order valence-electron chi connectivity index (χ1n) is 9.02. The lowest BCUT2D eigenvalue weighted by Crippen LogP contribution is -2.44. The number of alkyl halides is 2. The molecule has 132 valence electrons. The molecule has 2 heterocycles. The quantitative estimate of drug-likeness (QED) is 0.756. The van der Waals surface area contributed by atoms with Gasteiger partial charge < -0.3 is 15.3 Å². The van der Waals surface area contributed by atoms with E-state index in [1.165, 1.54) is 0 Å². The molecule has 5 atom stereocenters. The Morgan fingerprint density at radius 2 is 1.87 bits per heavy atom. The molecule has 1 saturated carbocycles. The number of rotatable bonds is 3. The van der Waals surface area contributed by atoms with E-state index in [1.54, 1.807) is 0 Å². The van der Waals surface area contributed by atoms with Crippen molar-refractivity contribution in [3.63, 3.8) is 0 Å². The third-order valence-electron chi connectivity index (χ3n) is 5.93. The molecule has 3 aliphatic rings. The number of hydrogen-bond acceptors (Lipinski definition) is 3. The number of aliphatic hydroxyl groups excluding tert-OH is 1. The molecule has 1 amide bonds. The molecule has 0 bridgehead atoms. The third kappa shape index (κ3) is 4.15. The van der Waals surface area contributed by atoms with Gasteiger partial charge in [0.25, 0.3) is 0 Å². The number of hydrogen-bond donors (Lipinski definition) is 2. The molecular formula is C17H28Cl2N2O2. The van der Waals surface area contributed by atoms with Crippen molar-refractivity contribution in [1.29, 1.82) is 0 Å². The van der Waals surface area contributed by atoms with Gasteiger partial charge in [0.05, 0.1) is 22.8 Å². The number of halogens is 2. The van der Waals surface area contributed by atoms with Gasteiger partial charge in [-0.15, -0.1) is 23.2 Å². The molecule has 2 saturated heterocycles. The summed E-state index contributed by atoms with van der Waals surface area (Å²) >= 11 is 12.7. The number of nitrogens with one attached hydrogen (secondary N) is 1. The topological polar surface area (TPSA) is 52.6 Å². The molecule has 0 radical (unpaired) electrons. The molecule has 23 heavy (non-hydrogen) atoms. The molecule has 4 nitrogen and oxygen atoms in total. The van der Waals surface area contributed by atoms with Crippen molar-refractivity contribution in [2.45, 2.75) is 55.4 Å². The van der Waals surface area contributed by atoms with Crippen LogP contribution in [0.1, 0.15) is 38.5 Å². The van der Waals surface area contributed by atoms with Crippen molar-refractivity contribution in [3.05, 3.63) is 0 Å². The largest absolute Gasteiger partial charge is 0.393 e. The van der Waals surface area contributed by atoms with Gasteiger partial charge in [-0.2, -0.15) is 0 Å². The number of nitrogens with zero attached hydrogens (tertiary/aromatic N) is 1. The number of likely N-dealkylation sites (tertiary alicyclic amines) is 1. The van der Waals surface area contributed by atoms with Crippen molar-refractivity contribution >= 4 is 29.1 Å². The number of aliphatic hydroxyl groups is 1. The van der Waals surface area contributed by atoms with E-state index in [0.29, 0.717) is 11.8 Å². The summed E-state index contributed by atoms with van der Waals surface area (Å²) in [6, 6.07) is 0. The first-order valence-corrected chi connectivity index (χ1v) is 9.89. The second kappa shape index (κ2) is 7.90. The standard InChI is InChI=1S/C17H28Cl2N2O2/c18-14-1-2-15(22)13(16(14)19)9-11-4-7-21(8-5-11)17(23)12-3-6-20-10-12/h11-16,20,22H,1-10H2/t12-,13?,14?,15?,16?/m1/s1. The average molecular weight is 363 g/mol. The van der Waals surface area contributed by atoms with E-state index in [0.717, 1.165) is 64.7 Å². The first kappa shape index (κ1) is 17.8. The zero-order valence-corrected chi connectivity index (χ0v) is 15.1. The second-order valence-electron chi connectivity index (χ2n) is 7.46. The van der Waals surface area contributed by atoms with Gasteiger partial charge in [0, 0.05) is 25.6 Å². The van der Waals surface area contributed by atoms with Crippen molar-refractivity contribution in [3.8, 4) is 0 Å². The summed E-state index contributed by atoms with van der Waals surface area (Å²) in [6.07, 6.45) is 5.18. The monoisotopic (exact) mass is 362 g/mol. The van der Waals surface area contributed by atoms with Gasteiger partial charge in [0.1, 0.15) is 0 Å². The van der Waals surface area contributed by atoms with E-state index in [1.807, 2.05) is 4.90 Å². The Kier molecular flexibility index (Phi) is 6.11. The summed E-state index contributed by atoms with van der Waals surface area (Å²) in [6.45, 7) is 3.49. The fourth-order valence-corrected chi connectivity index (χ4v) is 5.08. The molecule has 3 rings (SSSR count). The number of amides is 1. The molecule has 2 N–H and O–H groups in total. The minimum absolute atomic E-state index is 0.0263. The number of carbonyl (C=O) groups excluding carboxylic acids is 1. The fourth-order valence-electron chi connectivity index (χ4n) is 4.37. The van der Waals surface area contributed by atoms with Crippen molar-refractivity contribution < 1.29 is 9.90 Å². The lowest BCUT2D eigenvalue weighted by Gasteiger charge is -2.39. The molecule has 3 fully saturated rings. The Balaban J connectivity index is 1.48. The van der Waals surface area contributed by atoms with Gasteiger partial charge in [-0.05, 0) is 51.0 Å². The highest BCUT2D eigenvalue weighted by Crippen LogP contribution is 2.38. The number of carbonyl (C=O) groups is 1. The zero-order valence-electron chi connectivity index (χ0n) is 13.6. The molecule has 6 heteroatoms. The van der Waals surface area contributed by atoms with Crippen LogP contribution in [-0.4, -0.2) is 59.0 Å². The summed E-state index contributed by atoms with van der Waals surface area (Å²) in [7, 11) is 0. The van der Waals surface area contributed by atoms with Crippen LogP contribution in [0, 0.1) is 17.8 Å². The predicted molar refractivity (Wildman–Crippen MR) is 92.9 cm³/mol.